The SMILES string of the molecule is CCCCCCC(C)Oc1ccc(Br)cc1C(C)N. The number of rotatable bonds is 8. The molecule has 108 valence electrons. The van der Waals surface area contributed by atoms with Gasteiger partial charge in [0.05, 0.1) is 6.10 Å². The van der Waals surface area contributed by atoms with Crippen molar-refractivity contribution in [3.05, 3.63) is 28.2 Å². The van der Waals surface area contributed by atoms with Gasteiger partial charge < -0.3 is 10.5 Å². The van der Waals surface area contributed by atoms with Crippen molar-refractivity contribution in [1.82, 2.24) is 0 Å². The molecule has 3 heteroatoms. The Morgan fingerprint density at radius 1 is 1.21 bits per heavy atom. The van der Waals surface area contributed by atoms with Crippen molar-refractivity contribution >= 4 is 15.9 Å². The standard InChI is InChI=1S/C16H26BrNO/c1-4-5-6-7-8-12(2)19-16-10-9-14(17)11-15(16)13(3)18/h9-13H,4-8,18H2,1-3H3. The molecule has 2 N–H and O–H groups in total. The maximum atomic E-state index is 6.04. The van der Waals surface area contributed by atoms with Crippen LogP contribution in [0.15, 0.2) is 22.7 Å². The van der Waals surface area contributed by atoms with E-state index in [0.29, 0.717) is 0 Å². The molecule has 2 nitrogen and oxygen atoms in total. The van der Waals surface area contributed by atoms with Crippen molar-refractivity contribution in [3.63, 3.8) is 0 Å². The molecule has 0 saturated heterocycles. The second-order valence-corrected chi connectivity index (χ2v) is 6.16. The number of hydrogen-bond donors (Lipinski definition) is 1. The maximum absolute atomic E-state index is 6.04. The summed E-state index contributed by atoms with van der Waals surface area (Å²) in [6.45, 7) is 6.36. The minimum absolute atomic E-state index is 0.0141. The molecule has 0 heterocycles. The zero-order valence-electron chi connectivity index (χ0n) is 12.3. The highest BCUT2D eigenvalue weighted by atomic mass is 79.9. The molecule has 0 bridgehead atoms. The fraction of sp³-hybridized carbons (Fsp3) is 0.625. The number of halogens is 1. The van der Waals surface area contributed by atoms with Crippen LogP contribution in [0.3, 0.4) is 0 Å². The maximum Gasteiger partial charge on any atom is 0.124 e. The van der Waals surface area contributed by atoms with Crippen molar-refractivity contribution < 1.29 is 4.74 Å². The fourth-order valence-corrected chi connectivity index (χ4v) is 2.50. The van der Waals surface area contributed by atoms with Crippen molar-refractivity contribution in [3.8, 4) is 5.75 Å². The Labute approximate surface area is 125 Å². The number of hydrogen-bond acceptors (Lipinski definition) is 2. The van der Waals surface area contributed by atoms with Crippen molar-refractivity contribution in [1.29, 1.82) is 0 Å². The van der Waals surface area contributed by atoms with Crippen LogP contribution in [0.4, 0.5) is 0 Å². The molecule has 0 amide bonds. The van der Waals surface area contributed by atoms with E-state index < -0.39 is 0 Å². The fourth-order valence-electron chi connectivity index (χ4n) is 2.12. The zero-order valence-corrected chi connectivity index (χ0v) is 13.9. The summed E-state index contributed by atoms with van der Waals surface area (Å²) in [5, 5.41) is 0. The Morgan fingerprint density at radius 3 is 2.58 bits per heavy atom. The molecule has 0 fully saturated rings. The molecule has 2 unspecified atom stereocenters. The molecule has 0 aliphatic heterocycles. The van der Waals surface area contributed by atoms with E-state index in [9.17, 15) is 0 Å². The molecule has 1 aromatic rings. The lowest BCUT2D eigenvalue weighted by atomic mass is 10.1. The van der Waals surface area contributed by atoms with E-state index in [-0.39, 0.29) is 12.1 Å². The van der Waals surface area contributed by atoms with Crippen LogP contribution in [-0.4, -0.2) is 6.10 Å². The first kappa shape index (κ1) is 16.5. The highest BCUT2D eigenvalue weighted by Gasteiger charge is 2.11. The van der Waals surface area contributed by atoms with Crippen LogP contribution in [0, 0.1) is 0 Å². The Bertz CT molecular complexity index is 379. The predicted molar refractivity (Wildman–Crippen MR) is 85.6 cm³/mol. The van der Waals surface area contributed by atoms with Gasteiger partial charge in [0.25, 0.3) is 0 Å². The average Bonchev–Trinajstić information content (AvgIpc) is 2.36. The quantitative estimate of drug-likeness (QED) is 0.665. The highest BCUT2D eigenvalue weighted by Crippen LogP contribution is 2.28. The van der Waals surface area contributed by atoms with E-state index in [1.807, 2.05) is 25.1 Å². The zero-order chi connectivity index (χ0) is 14.3. The molecule has 0 saturated carbocycles. The summed E-state index contributed by atoms with van der Waals surface area (Å²) in [6, 6.07) is 6.04. The summed E-state index contributed by atoms with van der Waals surface area (Å²) in [4.78, 5) is 0. The van der Waals surface area contributed by atoms with E-state index in [1.165, 1.54) is 25.7 Å². The molecule has 0 aliphatic carbocycles. The topological polar surface area (TPSA) is 35.2 Å². The van der Waals surface area contributed by atoms with Gasteiger partial charge in [-0.2, -0.15) is 0 Å². The third-order valence-electron chi connectivity index (χ3n) is 3.25. The molecule has 0 aliphatic rings. The summed E-state index contributed by atoms with van der Waals surface area (Å²) in [5.74, 6) is 0.918. The van der Waals surface area contributed by atoms with Gasteiger partial charge in [-0.15, -0.1) is 0 Å². The van der Waals surface area contributed by atoms with Gasteiger partial charge in [0.1, 0.15) is 5.75 Å². The van der Waals surface area contributed by atoms with E-state index in [2.05, 4.69) is 29.8 Å². The Morgan fingerprint density at radius 2 is 1.95 bits per heavy atom. The van der Waals surface area contributed by atoms with Gasteiger partial charge in [-0.25, -0.2) is 0 Å². The van der Waals surface area contributed by atoms with E-state index >= 15 is 0 Å². The van der Waals surface area contributed by atoms with Crippen molar-refractivity contribution in [2.24, 2.45) is 5.73 Å². The van der Waals surface area contributed by atoms with Gasteiger partial charge in [-0.3, -0.25) is 0 Å². The van der Waals surface area contributed by atoms with Crippen molar-refractivity contribution in [2.45, 2.75) is 65.0 Å². The third kappa shape index (κ3) is 5.96. The Kier molecular flexibility index (Phi) is 7.47. The van der Waals surface area contributed by atoms with Crippen LogP contribution in [0.5, 0.6) is 5.75 Å². The van der Waals surface area contributed by atoms with Gasteiger partial charge in [0.2, 0.25) is 0 Å². The minimum atomic E-state index is -0.0141. The normalized spacial score (nSPS) is 14.2. The van der Waals surface area contributed by atoms with Gasteiger partial charge in [0.15, 0.2) is 0 Å². The lowest BCUT2D eigenvalue weighted by Gasteiger charge is -2.19. The minimum Gasteiger partial charge on any atom is -0.490 e. The summed E-state index contributed by atoms with van der Waals surface area (Å²) in [6.07, 6.45) is 6.47. The Hall–Kier alpha value is -0.540. The van der Waals surface area contributed by atoms with Gasteiger partial charge in [-0.05, 0) is 44.9 Å². The second-order valence-electron chi connectivity index (χ2n) is 5.25. The second kappa shape index (κ2) is 8.60. The smallest absolute Gasteiger partial charge is 0.124 e. The summed E-state index contributed by atoms with van der Waals surface area (Å²) >= 11 is 3.48. The number of nitrogens with two attached hydrogens (primary N) is 1. The first-order valence-corrected chi connectivity index (χ1v) is 8.05. The first-order chi connectivity index (χ1) is 9.04. The van der Waals surface area contributed by atoms with Gasteiger partial charge in [0, 0.05) is 16.1 Å². The van der Waals surface area contributed by atoms with Crippen LogP contribution < -0.4 is 10.5 Å². The summed E-state index contributed by atoms with van der Waals surface area (Å²) in [5.41, 5.74) is 7.06. The predicted octanol–water partition coefficient (Wildman–Crippen LogP) is 5.21. The van der Waals surface area contributed by atoms with E-state index in [0.717, 1.165) is 22.2 Å². The lowest BCUT2D eigenvalue weighted by Crippen LogP contribution is -2.15. The van der Waals surface area contributed by atoms with Crippen LogP contribution >= 0.6 is 15.9 Å². The molecular formula is C16H26BrNO. The number of unbranched alkanes of at least 4 members (excludes halogenated alkanes) is 3. The molecule has 0 aromatic heterocycles. The molecular weight excluding hydrogens is 302 g/mol. The monoisotopic (exact) mass is 327 g/mol. The molecule has 0 radical (unpaired) electrons. The van der Waals surface area contributed by atoms with E-state index in [4.69, 9.17) is 10.5 Å². The van der Waals surface area contributed by atoms with Crippen LogP contribution in [0.1, 0.15) is 64.5 Å². The van der Waals surface area contributed by atoms with E-state index in [1.54, 1.807) is 0 Å². The molecule has 2 atom stereocenters. The van der Waals surface area contributed by atoms with Crippen molar-refractivity contribution in [2.75, 3.05) is 0 Å². The largest absolute Gasteiger partial charge is 0.490 e. The summed E-state index contributed by atoms with van der Waals surface area (Å²) in [7, 11) is 0. The molecule has 19 heavy (non-hydrogen) atoms. The average molecular weight is 328 g/mol. The lowest BCUT2D eigenvalue weighted by molar-refractivity contribution is 0.203. The molecule has 1 rings (SSSR count). The highest BCUT2D eigenvalue weighted by molar-refractivity contribution is 9.10. The van der Waals surface area contributed by atoms with Gasteiger partial charge >= 0.3 is 0 Å². The first-order valence-electron chi connectivity index (χ1n) is 7.26. The summed E-state index contributed by atoms with van der Waals surface area (Å²) < 4.78 is 7.09. The van der Waals surface area contributed by atoms with Gasteiger partial charge in [-0.1, -0.05) is 42.1 Å². The number of ether oxygens (including phenoxy) is 1. The van der Waals surface area contributed by atoms with Crippen LogP contribution in [0.25, 0.3) is 0 Å². The third-order valence-corrected chi connectivity index (χ3v) is 3.75. The molecule has 0 spiro atoms. The Balaban J connectivity index is 2.56. The van der Waals surface area contributed by atoms with Crippen LogP contribution in [0.2, 0.25) is 0 Å². The molecule has 1 aromatic carbocycles. The number of benzene rings is 1. The van der Waals surface area contributed by atoms with Crippen LogP contribution in [-0.2, 0) is 0 Å².